The molecule has 0 amide bonds. The lowest BCUT2D eigenvalue weighted by atomic mass is 10.1. The molecule has 0 radical (unpaired) electrons. The van der Waals surface area contributed by atoms with Gasteiger partial charge in [0, 0.05) is 31.3 Å². The van der Waals surface area contributed by atoms with Crippen LogP contribution in [0.2, 0.25) is 5.15 Å². The fraction of sp³-hybridized carbons (Fsp3) is 0.300. The molecule has 0 saturated carbocycles. The van der Waals surface area contributed by atoms with Gasteiger partial charge in [-0.2, -0.15) is 0 Å². The van der Waals surface area contributed by atoms with Crippen LogP contribution < -0.4 is 10.1 Å². The van der Waals surface area contributed by atoms with Gasteiger partial charge in [-0.25, -0.2) is 9.97 Å². The Morgan fingerprint density at radius 3 is 2.96 bits per heavy atom. The predicted octanol–water partition coefficient (Wildman–Crippen LogP) is 4.09. The first kappa shape index (κ1) is 18.0. The van der Waals surface area contributed by atoms with Crippen LogP contribution in [0.25, 0.3) is 10.8 Å². The summed E-state index contributed by atoms with van der Waals surface area (Å²) >= 11 is 5.84. The maximum atomic E-state index is 5.93. The molecule has 4 rings (SSSR count). The highest BCUT2D eigenvalue weighted by Gasteiger charge is 2.10. The predicted molar refractivity (Wildman–Crippen MR) is 107 cm³/mol. The van der Waals surface area contributed by atoms with E-state index in [1.807, 2.05) is 30.3 Å². The lowest BCUT2D eigenvalue weighted by Crippen LogP contribution is -2.36. The summed E-state index contributed by atoms with van der Waals surface area (Å²) in [5.41, 5.74) is 0.837. The van der Waals surface area contributed by atoms with E-state index in [1.54, 1.807) is 18.5 Å². The van der Waals surface area contributed by atoms with Crippen molar-refractivity contribution in [3.63, 3.8) is 0 Å². The average molecular weight is 385 g/mol. The Hall–Kier alpha value is -2.41. The van der Waals surface area contributed by atoms with Crippen LogP contribution in [0.1, 0.15) is 6.42 Å². The Morgan fingerprint density at radius 2 is 2.15 bits per heavy atom. The monoisotopic (exact) mass is 384 g/mol. The van der Waals surface area contributed by atoms with Crippen LogP contribution in [0.4, 0.5) is 11.5 Å². The highest BCUT2D eigenvalue weighted by atomic mass is 35.5. The van der Waals surface area contributed by atoms with Crippen LogP contribution in [0.15, 0.2) is 48.8 Å². The van der Waals surface area contributed by atoms with Crippen LogP contribution in [-0.2, 0) is 4.74 Å². The number of pyridine rings is 2. The van der Waals surface area contributed by atoms with Crippen LogP contribution in [0.3, 0.4) is 0 Å². The van der Waals surface area contributed by atoms with E-state index < -0.39 is 0 Å². The molecule has 0 bridgehead atoms. The minimum Gasteiger partial charge on any atom is -0.492 e. The molecular formula is C20H21ClN4O2. The van der Waals surface area contributed by atoms with Crippen molar-refractivity contribution >= 4 is 33.9 Å². The number of fused-ring (bicyclic) bond motifs is 1. The van der Waals surface area contributed by atoms with Gasteiger partial charge in [-0.3, -0.25) is 4.90 Å². The largest absolute Gasteiger partial charge is 0.492 e. The molecule has 0 spiro atoms. The molecule has 0 unspecified atom stereocenters. The van der Waals surface area contributed by atoms with Gasteiger partial charge >= 0.3 is 0 Å². The number of nitrogens with zero attached hydrogens (tertiary/aromatic N) is 3. The van der Waals surface area contributed by atoms with E-state index in [4.69, 9.17) is 21.1 Å². The molecule has 1 aliphatic heterocycles. The number of hydrogen-bond acceptors (Lipinski definition) is 6. The Balaban J connectivity index is 1.44. The molecule has 140 valence electrons. The van der Waals surface area contributed by atoms with Gasteiger partial charge in [0.25, 0.3) is 0 Å². The first-order valence-electron chi connectivity index (χ1n) is 8.98. The van der Waals surface area contributed by atoms with E-state index in [0.29, 0.717) is 18.5 Å². The summed E-state index contributed by atoms with van der Waals surface area (Å²) < 4.78 is 11.4. The topological polar surface area (TPSA) is 59.5 Å². The van der Waals surface area contributed by atoms with E-state index >= 15 is 0 Å². The molecule has 27 heavy (non-hydrogen) atoms. The van der Waals surface area contributed by atoms with Crippen molar-refractivity contribution in [2.75, 3.05) is 38.4 Å². The quantitative estimate of drug-likeness (QED) is 0.646. The minimum atomic E-state index is 0.462. The van der Waals surface area contributed by atoms with Crippen molar-refractivity contribution in [1.29, 1.82) is 0 Å². The number of halogens is 1. The van der Waals surface area contributed by atoms with E-state index in [0.717, 1.165) is 54.1 Å². The van der Waals surface area contributed by atoms with Gasteiger partial charge in [0.2, 0.25) is 0 Å². The molecule has 1 saturated heterocycles. The average Bonchev–Trinajstić information content (AvgIpc) is 2.71. The Morgan fingerprint density at radius 1 is 1.19 bits per heavy atom. The molecule has 1 fully saturated rings. The lowest BCUT2D eigenvalue weighted by Gasteiger charge is -2.26. The fourth-order valence-electron chi connectivity index (χ4n) is 3.05. The third-order valence-corrected chi connectivity index (χ3v) is 4.66. The van der Waals surface area contributed by atoms with Crippen LogP contribution in [0, 0.1) is 0 Å². The molecule has 6 nitrogen and oxygen atoms in total. The summed E-state index contributed by atoms with van der Waals surface area (Å²) in [7, 11) is 0. The summed E-state index contributed by atoms with van der Waals surface area (Å²) in [5, 5.41) is 5.83. The maximum absolute atomic E-state index is 5.93. The summed E-state index contributed by atoms with van der Waals surface area (Å²) in [6.45, 7) is 4.13. The highest BCUT2D eigenvalue weighted by Crippen LogP contribution is 2.27. The summed E-state index contributed by atoms with van der Waals surface area (Å²) in [6, 6.07) is 11.6. The number of hydrogen-bond donors (Lipinski definition) is 1. The first-order chi connectivity index (χ1) is 13.3. The summed E-state index contributed by atoms with van der Waals surface area (Å²) in [4.78, 5) is 10.8. The normalized spacial score (nSPS) is 15.0. The molecule has 7 heteroatoms. The molecule has 0 atom stereocenters. The van der Waals surface area contributed by atoms with Crippen molar-refractivity contribution < 1.29 is 9.47 Å². The first-order valence-corrected chi connectivity index (χ1v) is 9.36. The molecule has 1 N–H and O–H groups in total. The van der Waals surface area contributed by atoms with Crippen molar-refractivity contribution in [3.05, 3.63) is 53.9 Å². The van der Waals surface area contributed by atoms with Crippen LogP contribution in [0.5, 0.6) is 5.75 Å². The molecular weight excluding hydrogens is 364 g/mol. The maximum Gasteiger partial charge on any atom is 0.138 e. The lowest BCUT2D eigenvalue weighted by molar-refractivity contribution is -0.0181. The Bertz CT molecular complexity index is 898. The minimum absolute atomic E-state index is 0.462. The van der Waals surface area contributed by atoms with Gasteiger partial charge < -0.3 is 14.8 Å². The van der Waals surface area contributed by atoms with Gasteiger partial charge in [-0.15, -0.1) is 0 Å². The number of aromatic nitrogens is 2. The van der Waals surface area contributed by atoms with Gasteiger partial charge in [0.15, 0.2) is 0 Å². The van der Waals surface area contributed by atoms with Crippen molar-refractivity contribution in [1.82, 2.24) is 14.9 Å². The van der Waals surface area contributed by atoms with Gasteiger partial charge in [-0.05, 0) is 48.2 Å². The molecule has 1 aliphatic rings. The second-order valence-corrected chi connectivity index (χ2v) is 6.78. The fourth-order valence-corrected chi connectivity index (χ4v) is 3.16. The number of rotatable bonds is 6. The number of nitrogens with one attached hydrogen (secondary N) is 1. The molecule has 3 heterocycles. The second-order valence-electron chi connectivity index (χ2n) is 6.39. The zero-order valence-electron chi connectivity index (χ0n) is 14.9. The third kappa shape index (κ3) is 4.66. The van der Waals surface area contributed by atoms with Gasteiger partial charge in [0.1, 0.15) is 23.3 Å². The SMILES string of the molecule is Clc1ccc(Nc2nccc3cc(OCCN4CCCOC4)ccc23)cn1. The summed E-state index contributed by atoms with van der Waals surface area (Å²) in [6.07, 6.45) is 4.55. The van der Waals surface area contributed by atoms with Gasteiger partial charge in [-0.1, -0.05) is 11.6 Å². The van der Waals surface area contributed by atoms with E-state index in [-0.39, 0.29) is 0 Å². The number of ether oxygens (including phenoxy) is 2. The standard InChI is InChI=1S/C20H21ClN4O2/c21-19-5-2-16(13-23-19)24-20-18-4-3-17(12-15(18)6-7-22-20)27-11-9-25-8-1-10-26-14-25/h2-7,12-13H,1,8-11,14H2,(H,22,24). The molecule has 2 aromatic heterocycles. The zero-order chi connectivity index (χ0) is 18.5. The number of benzene rings is 1. The Labute approximate surface area is 163 Å². The molecule has 3 aromatic rings. The zero-order valence-corrected chi connectivity index (χ0v) is 15.7. The molecule has 1 aromatic carbocycles. The van der Waals surface area contributed by atoms with Crippen molar-refractivity contribution in [2.45, 2.75) is 6.42 Å². The third-order valence-electron chi connectivity index (χ3n) is 4.44. The highest BCUT2D eigenvalue weighted by molar-refractivity contribution is 6.29. The van der Waals surface area contributed by atoms with E-state index in [9.17, 15) is 0 Å². The van der Waals surface area contributed by atoms with Crippen LogP contribution >= 0.6 is 11.6 Å². The molecule has 0 aliphatic carbocycles. The van der Waals surface area contributed by atoms with Gasteiger partial charge in [0.05, 0.1) is 18.6 Å². The van der Waals surface area contributed by atoms with Crippen molar-refractivity contribution in [2.24, 2.45) is 0 Å². The van der Waals surface area contributed by atoms with E-state index in [2.05, 4.69) is 20.2 Å². The van der Waals surface area contributed by atoms with E-state index in [1.165, 1.54) is 0 Å². The summed E-state index contributed by atoms with van der Waals surface area (Å²) in [5.74, 6) is 1.62. The smallest absolute Gasteiger partial charge is 0.138 e. The number of anilines is 2. The van der Waals surface area contributed by atoms with Crippen molar-refractivity contribution in [3.8, 4) is 5.75 Å². The van der Waals surface area contributed by atoms with Crippen LogP contribution in [-0.4, -0.2) is 47.9 Å². The Kier molecular flexibility index (Phi) is 5.67. The second kappa shape index (κ2) is 8.52.